The molecular weight excluding hydrogens is 355 g/mol. The van der Waals surface area contributed by atoms with Gasteiger partial charge < -0.3 is 19.1 Å². The van der Waals surface area contributed by atoms with Gasteiger partial charge in [-0.25, -0.2) is 9.59 Å². The third kappa shape index (κ3) is 2.92. The molecule has 1 N–H and O–H groups in total. The lowest BCUT2D eigenvalue weighted by Gasteiger charge is -2.28. The van der Waals surface area contributed by atoms with Gasteiger partial charge in [0.25, 0.3) is 5.60 Å². The van der Waals surface area contributed by atoms with Crippen LogP contribution in [0.15, 0.2) is 24.3 Å². The minimum absolute atomic E-state index is 0.0936. The van der Waals surface area contributed by atoms with Gasteiger partial charge in [0.1, 0.15) is 5.69 Å². The summed E-state index contributed by atoms with van der Waals surface area (Å²) in [6.45, 7) is 2.33. The number of benzene rings is 1. The molecule has 1 aromatic heterocycles. The molecule has 0 aliphatic rings. The van der Waals surface area contributed by atoms with Gasteiger partial charge in [0.05, 0.1) is 13.2 Å². The molecule has 9 heteroatoms. The van der Waals surface area contributed by atoms with E-state index in [0.717, 1.165) is 4.57 Å². The van der Waals surface area contributed by atoms with Gasteiger partial charge in [-0.15, -0.1) is 0 Å². The molecular formula is C17H18F3NO5. The molecule has 0 aliphatic heterocycles. The van der Waals surface area contributed by atoms with Gasteiger partial charge in [-0.3, -0.25) is 0 Å². The summed E-state index contributed by atoms with van der Waals surface area (Å²) < 4.78 is 51.9. The van der Waals surface area contributed by atoms with E-state index in [1.54, 1.807) is 6.07 Å². The maximum atomic E-state index is 13.8. The van der Waals surface area contributed by atoms with Crippen LogP contribution in [-0.2, 0) is 26.9 Å². The van der Waals surface area contributed by atoms with Crippen molar-refractivity contribution in [2.75, 3.05) is 13.2 Å². The number of aliphatic hydroxyl groups is 1. The van der Waals surface area contributed by atoms with Crippen LogP contribution in [0.5, 0.6) is 0 Å². The lowest BCUT2D eigenvalue weighted by Crippen LogP contribution is -2.51. The number of halogens is 3. The number of hydrogen-bond acceptors (Lipinski definition) is 5. The largest absolute Gasteiger partial charge is 0.463 e. The Labute approximate surface area is 147 Å². The first kappa shape index (κ1) is 19.8. The normalized spacial score (nSPS) is 14.1. The van der Waals surface area contributed by atoms with Crippen molar-refractivity contribution in [2.24, 2.45) is 7.05 Å². The highest BCUT2D eigenvalue weighted by Crippen LogP contribution is 2.45. The Kier molecular flexibility index (Phi) is 5.31. The van der Waals surface area contributed by atoms with Gasteiger partial charge in [-0.05, 0) is 19.9 Å². The van der Waals surface area contributed by atoms with E-state index in [9.17, 15) is 27.9 Å². The number of carbonyl (C=O) groups is 2. The quantitative estimate of drug-likeness (QED) is 0.816. The minimum atomic E-state index is -5.43. The van der Waals surface area contributed by atoms with Gasteiger partial charge in [-0.2, -0.15) is 13.2 Å². The first-order chi connectivity index (χ1) is 12.1. The maximum Gasteiger partial charge on any atom is 0.432 e. The highest BCUT2D eigenvalue weighted by atomic mass is 19.4. The Bertz CT molecular complexity index is 843. The third-order valence-corrected chi connectivity index (χ3v) is 3.92. The van der Waals surface area contributed by atoms with Crippen molar-refractivity contribution in [1.29, 1.82) is 0 Å². The van der Waals surface area contributed by atoms with Gasteiger partial charge >= 0.3 is 18.1 Å². The summed E-state index contributed by atoms with van der Waals surface area (Å²) in [5, 5.41) is 10.4. The second-order valence-corrected chi connectivity index (χ2v) is 5.45. The molecule has 142 valence electrons. The van der Waals surface area contributed by atoms with Crippen LogP contribution in [0.1, 0.15) is 29.9 Å². The number of ether oxygens (including phenoxy) is 2. The third-order valence-electron chi connectivity index (χ3n) is 3.92. The average molecular weight is 373 g/mol. The summed E-state index contributed by atoms with van der Waals surface area (Å²) in [6, 6.07) is 5.73. The molecule has 2 aromatic rings. The van der Waals surface area contributed by atoms with E-state index >= 15 is 0 Å². The molecule has 0 bridgehead atoms. The fourth-order valence-electron chi connectivity index (χ4n) is 2.79. The Morgan fingerprint density at radius 1 is 1.12 bits per heavy atom. The van der Waals surface area contributed by atoms with E-state index < -0.39 is 35.0 Å². The van der Waals surface area contributed by atoms with Gasteiger partial charge in [0.2, 0.25) is 0 Å². The summed E-state index contributed by atoms with van der Waals surface area (Å²) in [5.74, 6) is -3.00. The Hall–Kier alpha value is -2.55. The van der Waals surface area contributed by atoms with E-state index in [1.807, 2.05) is 0 Å². The smallest absolute Gasteiger partial charge is 0.432 e. The lowest BCUT2D eigenvalue weighted by atomic mass is 9.90. The zero-order valence-corrected chi connectivity index (χ0v) is 14.4. The second-order valence-electron chi connectivity index (χ2n) is 5.45. The summed E-state index contributed by atoms with van der Waals surface area (Å²) in [5.41, 5.74) is -5.27. The molecule has 1 unspecified atom stereocenters. The zero-order chi connectivity index (χ0) is 19.7. The summed E-state index contributed by atoms with van der Waals surface area (Å²) >= 11 is 0. The molecule has 26 heavy (non-hydrogen) atoms. The molecule has 1 heterocycles. The number of esters is 2. The second kappa shape index (κ2) is 6.99. The maximum absolute atomic E-state index is 13.8. The van der Waals surface area contributed by atoms with Crippen LogP contribution in [0.4, 0.5) is 13.2 Å². The first-order valence-corrected chi connectivity index (χ1v) is 7.82. The predicted molar refractivity (Wildman–Crippen MR) is 85.5 cm³/mol. The number of aryl methyl sites for hydroxylation is 1. The summed E-state index contributed by atoms with van der Waals surface area (Å²) in [6.07, 6.45) is -5.43. The van der Waals surface area contributed by atoms with Gasteiger partial charge in [-0.1, -0.05) is 18.2 Å². The fourth-order valence-corrected chi connectivity index (χ4v) is 2.79. The molecule has 0 fully saturated rings. The van der Waals surface area contributed by atoms with Crippen molar-refractivity contribution >= 4 is 22.8 Å². The molecule has 0 saturated carbocycles. The predicted octanol–water partition coefficient (Wildman–Crippen LogP) is 2.67. The SMILES string of the molecule is CCOC(=O)c1c(C(O)(C(=O)OCC)C(F)(F)F)c2ccccc2n1C. The Morgan fingerprint density at radius 2 is 1.69 bits per heavy atom. The molecule has 0 amide bonds. The van der Waals surface area contributed by atoms with E-state index in [0.29, 0.717) is 0 Å². The van der Waals surface area contributed by atoms with Crippen LogP contribution in [-0.4, -0.2) is 41.0 Å². The topological polar surface area (TPSA) is 77.8 Å². The van der Waals surface area contributed by atoms with Crippen LogP contribution in [0.2, 0.25) is 0 Å². The Balaban J connectivity index is 2.94. The van der Waals surface area contributed by atoms with Crippen molar-refractivity contribution in [3.63, 3.8) is 0 Å². The van der Waals surface area contributed by atoms with E-state index in [2.05, 4.69) is 4.74 Å². The van der Waals surface area contributed by atoms with Crippen LogP contribution < -0.4 is 0 Å². The number of nitrogens with zero attached hydrogens (tertiary/aromatic N) is 1. The number of rotatable bonds is 5. The highest BCUT2D eigenvalue weighted by Gasteiger charge is 2.64. The monoisotopic (exact) mass is 373 g/mol. The highest BCUT2D eigenvalue weighted by molar-refractivity contribution is 6.03. The van der Waals surface area contributed by atoms with Crippen LogP contribution in [0.25, 0.3) is 10.9 Å². The van der Waals surface area contributed by atoms with E-state index in [4.69, 9.17) is 4.74 Å². The summed E-state index contributed by atoms with van der Waals surface area (Å²) in [7, 11) is 1.35. The molecule has 1 aromatic carbocycles. The molecule has 2 rings (SSSR count). The van der Waals surface area contributed by atoms with Crippen LogP contribution >= 0.6 is 0 Å². The molecule has 6 nitrogen and oxygen atoms in total. The molecule has 0 spiro atoms. The van der Waals surface area contributed by atoms with Crippen molar-refractivity contribution in [3.05, 3.63) is 35.5 Å². The molecule has 0 radical (unpaired) electrons. The number of alkyl halides is 3. The zero-order valence-electron chi connectivity index (χ0n) is 14.4. The number of para-hydroxylation sites is 1. The number of hydrogen-bond donors (Lipinski definition) is 1. The Morgan fingerprint density at radius 3 is 2.23 bits per heavy atom. The number of fused-ring (bicyclic) bond motifs is 1. The molecule has 0 saturated heterocycles. The van der Waals surface area contributed by atoms with Crippen LogP contribution in [0, 0.1) is 0 Å². The van der Waals surface area contributed by atoms with Crippen LogP contribution in [0.3, 0.4) is 0 Å². The minimum Gasteiger partial charge on any atom is -0.463 e. The van der Waals surface area contributed by atoms with Gasteiger partial charge in [0, 0.05) is 23.5 Å². The standard InChI is InChI=1S/C17H18F3NO5/c1-4-25-14(22)13-12(10-8-6-7-9-11(10)21(13)3)16(24,17(18,19)20)15(23)26-5-2/h6-9,24H,4-5H2,1-3H3. The summed E-state index contributed by atoms with van der Waals surface area (Å²) in [4.78, 5) is 24.5. The van der Waals surface area contributed by atoms with E-state index in [-0.39, 0.29) is 24.1 Å². The van der Waals surface area contributed by atoms with Crippen molar-refractivity contribution in [2.45, 2.75) is 25.6 Å². The molecule has 0 aliphatic carbocycles. The van der Waals surface area contributed by atoms with E-state index in [1.165, 1.54) is 39.1 Å². The van der Waals surface area contributed by atoms with Crippen molar-refractivity contribution in [1.82, 2.24) is 4.57 Å². The van der Waals surface area contributed by atoms with Crippen molar-refractivity contribution < 1.29 is 37.3 Å². The number of carbonyl (C=O) groups excluding carboxylic acids is 2. The number of aromatic nitrogens is 1. The van der Waals surface area contributed by atoms with Crippen molar-refractivity contribution in [3.8, 4) is 0 Å². The lowest BCUT2D eigenvalue weighted by molar-refractivity contribution is -0.267. The molecule has 1 atom stereocenters. The fraction of sp³-hybridized carbons (Fsp3) is 0.412. The van der Waals surface area contributed by atoms with Gasteiger partial charge in [0.15, 0.2) is 0 Å². The average Bonchev–Trinajstić information content (AvgIpc) is 2.87. The first-order valence-electron chi connectivity index (χ1n) is 7.82.